The predicted octanol–water partition coefficient (Wildman–Crippen LogP) is 5.19. The van der Waals surface area contributed by atoms with E-state index in [2.05, 4.69) is 5.43 Å². The maximum absolute atomic E-state index is 13.0. The third-order valence-corrected chi connectivity index (χ3v) is 4.04. The number of benzene rings is 1. The smallest absolute Gasteiger partial charge is 0.595 e. The van der Waals surface area contributed by atoms with Crippen LogP contribution in [-0.2, 0) is 21.9 Å². The summed E-state index contributed by atoms with van der Waals surface area (Å²) in [6.45, 7) is 1.49. The van der Waals surface area contributed by atoms with Crippen LogP contribution in [0.4, 0.5) is 4.39 Å². The molecule has 0 N–H and O–H groups in total. The topological polar surface area (TPSA) is 34.4 Å². The average molecular weight is 390 g/mol. The molecule has 2 aromatic rings. The molecule has 1 saturated heterocycles. The van der Waals surface area contributed by atoms with Gasteiger partial charge in [-0.3, -0.25) is 4.79 Å². The van der Waals surface area contributed by atoms with Crippen molar-refractivity contribution in [1.82, 2.24) is 5.01 Å². The second-order valence-corrected chi connectivity index (χ2v) is 5.82. The van der Waals surface area contributed by atoms with E-state index in [1.54, 1.807) is 12.1 Å². The first-order valence-corrected chi connectivity index (χ1v) is 8.16. The van der Waals surface area contributed by atoms with Gasteiger partial charge in [-0.15, -0.1) is 5.70 Å². The van der Waals surface area contributed by atoms with Crippen LogP contribution in [-0.4, -0.2) is 10.9 Å². The van der Waals surface area contributed by atoms with Crippen molar-refractivity contribution in [2.75, 3.05) is 0 Å². The van der Waals surface area contributed by atoms with Gasteiger partial charge in [0.25, 0.3) is 0 Å². The van der Waals surface area contributed by atoms with Gasteiger partial charge >= 0.3 is 17.1 Å². The Balaban J connectivity index is 0.000000351. The molecule has 3 nitrogen and oxygen atoms in total. The molecule has 1 aliphatic heterocycles. The van der Waals surface area contributed by atoms with Gasteiger partial charge in [-0.2, -0.15) is 18.2 Å². The Labute approximate surface area is 163 Å². The summed E-state index contributed by atoms with van der Waals surface area (Å²) in [6.07, 6.45) is 8.49. The molecule has 0 bridgehead atoms. The quantitative estimate of drug-likeness (QED) is 0.488. The molecule has 1 aliphatic carbocycles. The number of carbonyl (C=O) groups is 1. The van der Waals surface area contributed by atoms with Gasteiger partial charge in [-0.05, 0) is 29.7 Å². The SMILES string of the molecule is CC(=O)N1[N-]C(=C2C=CC=C2)CC1c1ccc(F)cc1.[Fe+2].c1cc[cH-]c1. The number of hydrogen-bond donors (Lipinski definition) is 0. The summed E-state index contributed by atoms with van der Waals surface area (Å²) in [4.78, 5) is 11.8. The van der Waals surface area contributed by atoms with E-state index in [1.807, 2.05) is 54.6 Å². The van der Waals surface area contributed by atoms with Crippen molar-refractivity contribution in [2.24, 2.45) is 0 Å². The van der Waals surface area contributed by atoms with Crippen LogP contribution in [0.2, 0.25) is 0 Å². The van der Waals surface area contributed by atoms with Crippen molar-refractivity contribution in [2.45, 2.75) is 19.4 Å². The minimum absolute atomic E-state index is 0. The zero-order chi connectivity index (χ0) is 17.6. The van der Waals surface area contributed by atoms with Crippen LogP contribution < -0.4 is 0 Å². The van der Waals surface area contributed by atoms with E-state index in [4.69, 9.17) is 0 Å². The third-order valence-electron chi connectivity index (χ3n) is 4.04. The molecular weight excluding hydrogens is 371 g/mol. The van der Waals surface area contributed by atoms with Crippen LogP contribution in [0.1, 0.15) is 24.9 Å². The molecule has 2 aromatic carbocycles. The zero-order valence-electron chi connectivity index (χ0n) is 14.3. The first-order valence-electron chi connectivity index (χ1n) is 8.16. The van der Waals surface area contributed by atoms with Crippen LogP contribution in [0.25, 0.3) is 5.43 Å². The summed E-state index contributed by atoms with van der Waals surface area (Å²) in [7, 11) is 0. The number of halogens is 1. The Morgan fingerprint density at radius 3 is 2.27 bits per heavy atom. The first-order chi connectivity index (χ1) is 12.1. The van der Waals surface area contributed by atoms with E-state index in [0.29, 0.717) is 6.42 Å². The van der Waals surface area contributed by atoms with Crippen LogP contribution in [0.15, 0.2) is 90.2 Å². The summed E-state index contributed by atoms with van der Waals surface area (Å²) in [5, 5.41) is 1.48. The normalized spacial score (nSPS) is 17.5. The Hall–Kier alpha value is -2.49. The molecule has 1 unspecified atom stereocenters. The minimum Gasteiger partial charge on any atom is -0.595 e. The minimum atomic E-state index is -0.279. The van der Waals surface area contributed by atoms with Crippen molar-refractivity contribution in [1.29, 1.82) is 0 Å². The Bertz CT molecular complexity index is 776. The van der Waals surface area contributed by atoms with Gasteiger partial charge in [-0.25, -0.2) is 16.5 Å². The average Bonchev–Trinajstić information content (AvgIpc) is 3.36. The molecule has 26 heavy (non-hydrogen) atoms. The molecule has 2 aliphatic rings. The molecule has 0 spiro atoms. The van der Waals surface area contributed by atoms with Gasteiger partial charge in [0.15, 0.2) is 0 Å². The van der Waals surface area contributed by atoms with Crippen LogP contribution in [0, 0.1) is 5.82 Å². The standard InChI is InChI=1S/C16H14FN2O.C5H5.Fe/c1-11(20)19-16(13-6-8-14(17)9-7-13)10-15(18-19)12-4-2-3-5-12;1-2-4-5-3-1;/h2-9,16H,10H2,1H3;1-5H;/q2*-1;+2. The first kappa shape index (κ1) is 19.8. The van der Waals surface area contributed by atoms with E-state index < -0.39 is 0 Å². The molecule has 1 fully saturated rings. The van der Waals surface area contributed by atoms with E-state index in [-0.39, 0.29) is 34.8 Å². The van der Waals surface area contributed by atoms with Crippen LogP contribution in [0.5, 0.6) is 0 Å². The summed E-state index contributed by atoms with van der Waals surface area (Å²) in [5.41, 5.74) is 7.23. The van der Waals surface area contributed by atoms with Gasteiger partial charge in [0, 0.05) is 13.0 Å². The van der Waals surface area contributed by atoms with Gasteiger partial charge in [-0.1, -0.05) is 36.4 Å². The number of nitrogens with zero attached hydrogens (tertiary/aromatic N) is 2. The summed E-state index contributed by atoms with van der Waals surface area (Å²) < 4.78 is 13.0. The molecule has 1 atom stereocenters. The van der Waals surface area contributed by atoms with Gasteiger partial charge in [0.05, 0.1) is 0 Å². The molecule has 1 heterocycles. The fourth-order valence-electron chi connectivity index (χ4n) is 2.81. The van der Waals surface area contributed by atoms with Crippen molar-refractivity contribution in [3.63, 3.8) is 0 Å². The molecule has 0 saturated carbocycles. The van der Waals surface area contributed by atoms with Crippen molar-refractivity contribution < 1.29 is 26.3 Å². The molecule has 0 radical (unpaired) electrons. The second kappa shape index (κ2) is 9.27. The Morgan fingerprint density at radius 1 is 1.15 bits per heavy atom. The van der Waals surface area contributed by atoms with Crippen molar-refractivity contribution in [3.05, 3.63) is 107 Å². The number of amides is 1. The van der Waals surface area contributed by atoms with Gasteiger partial charge in [0.1, 0.15) is 5.82 Å². The van der Waals surface area contributed by atoms with E-state index >= 15 is 0 Å². The molecule has 5 heteroatoms. The zero-order valence-corrected chi connectivity index (χ0v) is 15.4. The Kier molecular flexibility index (Phi) is 7.07. The number of hydrogen-bond acceptors (Lipinski definition) is 1. The fourth-order valence-corrected chi connectivity index (χ4v) is 2.81. The third kappa shape index (κ3) is 4.78. The van der Waals surface area contributed by atoms with Crippen LogP contribution >= 0.6 is 0 Å². The second-order valence-electron chi connectivity index (χ2n) is 5.82. The van der Waals surface area contributed by atoms with Gasteiger partial charge in [0.2, 0.25) is 5.91 Å². The molecular formula is C21H19FFeN2O. The molecule has 4 rings (SSSR count). The summed E-state index contributed by atoms with van der Waals surface area (Å²) >= 11 is 0. The monoisotopic (exact) mass is 390 g/mol. The number of rotatable bonds is 1. The maximum Gasteiger partial charge on any atom is 2.00 e. The number of allylic oxidation sites excluding steroid dienone is 5. The van der Waals surface area contributed by atoms with Gasteiger partial charge < -0.3 is 10.4 Å². The van der Waals surface area contributed by atoms with E-state index in [0.717, 1.165) is 16.8 Å². The van der Waals surface area contributed by atoms with Crippen LogP contribution in [0.3, 0.4) is 0 Å². The van der Waals surface area contributed by atoms with Crippen molar-refractivity contribution in [3.8, 4) is 0 Å². The largest absolute Gasteiger partial charge is 2.00 e. The van der Waals surface area contributed by atoms with Crippen molar-refractivity contribution >= 4 is 5.91 Å². The number of carbonyl (C=O) groups excluding carboxylic acids is 1. The predicted molar refractivity (Wildman–Crippen MR) is 97.0 cm³/mol. The van der Waals surface area contributed by atoms with E-state index in [9.17, 15) is 9.18 Å². The summed E-state index contributed by atoms with van der Waals surface area (Å²) in [5.74, 6) is -0.390. The molecule has 1 amide bonds. The fraction of sp³-hybridized carbons (Fsp3) is 0.143. The van der Waals surface area contributed by atoms with E-state index in [1.165, 1.54) is 24.1 Å². The Morgan fingerprint density at radius 2 is 1.77 bits per heavy atom. The summed E-state index contributed by atoms with van der Waals surface area (Å²) in [6, 6.07) is 16.1. The molecule has 0 aromatic heterocycles. The molecule has 134 valence electrons. The maximum atomic E-state index is 13.0.